The lowest BCUT2D eigenvalue weighted by atomic mass is 10.1. The Balaban J connectivity index is 1.59. The van der Waals surface area contributed by atoms with E-state index in [4.69, 9.17) is 17.4 Å². The molecule has 0 radical (unpaired) electrons. The van der Waals surface area contributed by atoms with Crippen molar-refractivity contribution in [2.45, 2.75) is 25.3 Å². The lowest BCUT2D eigenvalue weighted by molar-refractivity contribution is -0.117. The van der Waals surface area contributed by atoms with E-state index in [1.807, 2.05) is 12.2 Å². The van der Waals surface area contributed by atoms with Crippen molar-refractivity contribution < 1.29 is 14.0 Å². The van der Waals surface area contributed by atoms with Gasteiger partial charge >= 0.3 is 0 Å². The van der Waals surface area contributed by atoms with E-state index in [2.05, 4.69) is 37.5 Å². The van der Waals surface area contributed by atoms with Gasteiger partial charge in [0.25, 0.3) is 0 Å². The van der Waals surface area contributed by atoms with Gasteiger partial charge in [0.15, 0.2) is 0 Å². The van der Waals surface area contributed by atoms with Crippen molar-refractivity contribution in [3.63, 3.8) is 0 Å². The van der Waals surface area contributed by atoms with E-state index in [1.54, 1.807) is 30.5 Å². The molecule has 4 rings (SSSR count). The van der Waals surface area contributed by atoms with Crippen molar-refractivity contribution in [3.05, 3.63) is 83.1 Å². The maximum absolute atomic E-state index is 14.1. The third kappa shape index (κ3) is 7.24. The van der Waals surface area contributed by atoms with Crippen molar-refractivity contribution >= 4 is 53.9 Å². The minimum absolute atomic E-state index is 0.194. The summed E-state index contributed by atoms with van der Waals surface area (Å²) in [5.41, 5.74) is 2.41. The fourth-order valence-electron chi connectivity index (χ4n) is 3.94. The molecule has 10 nitrogen and oxygen atoms in total. The zero-order valence-corrected chi connectivity index (χ0v) is 21.5. The van der Waals surface area contributed by atoms with E-state index >= 15 is 0 Å². The minimum Gasteiger partial charge on any atom is -0.346 e. The van der Waals surface area contributed by atoms with Gasteiger partial charge in [0.1, 0.15) is 18.0 Å². The van der Waals surface area contributed by atoms with Crippen molar-refractivity contribution in [2.75, 3.05) is 10.3 Å². The second-order valence-corrected chi connectivity index (χ2v) is 8.97. The van der Waals surface area contributed by atoms with Gasteiger partial charge in [-0.1, -0.05) is 23.8 Å². The Kier molecular flexibility index (Phi) is 8.97. The van der Waals surface area contributed by atoms with Crippen molar-refractivity contribution in [2.24, 2.45) is 16.0 Å². The number of amides is 2. The van der Waals surface area contributed by atoms with Gasteiger partial charge in [-0.2, -0.15) is 5.10 Å². The quantitative estimate of drug-likeness (QED) is 0.0879. The highest BCUT2D eigenvalue weighted by Crippen LogP contribution is 2.30. The first-order valence-electron chi connectivity index (χ1n) is 12.0. The number of carbonyl (C=O) groups excluding carboxylic acids is 2. The van der Waals surface area contributed by atoms with Gasteiger partial charge in [-0.25, -0.2) is 15.2 Å². The van der Waals surface area contributed by atoms with Gasteiger partial charge < -0.3 is 15.6 Å². The van der Waals surface area contributed by atoms with Crippen molar-refractivity contribution in [1.82, 2.24) is 15.3 Å². The average molecular weight is 549 g/mol. The number of halogens is 2. The van der Waals surface area contributed by atoms with Gasteiger partial charge in [0.05, 0.1) is 23.1 Å². The van der Waals surface area contributed by atoms with Crippen LogP contribution >= 0.6 is 11.6 Å². The van der Waals surface area contributed by atoms with Crippen LogP contribution in [0.5, 0.6) is 0 Å². The van der Waals surface area contributed by atoms with Crippen LogP contribution in [-0.4, -0.2) is 34.8 Å². The molecule has 0 saturated carbocycles. The van der Waals surface area contributed by atoms with Gasteiger partial charge in [-0.05, 0) is 55.3 Å². The molecule has 0 aliphatic carbocycles. The predicted molar refractivity (Wildman–Crippen MR) is 152 cm³/mol. The number of nitrogens with one attached hydrogen (secondary N) is 3. The highest BCUT2D eigenvalue weighted by Gasteiger charge is 2.19. The molecule has 0 unspecified atom stereocenters. The number of nitrogens with two attached hydrogens (primary N) is 1. The first-order chi connectivity index (χ1) is 18.8. The number of hydrogen-bond acceptors (Lipinski definition) is 6. The van der Waals surface area contributed by atoms with Crippen LogP contribution in [-0.2, 0) is 9.59 Å². The third-order valence-electron chi connectivity index (χ3n) is 5.79. The molecule has 2 heterocycles. The summed E-state index contributed by atoms with van der Waals surface area (Å²) in [5.74, 6) is 5.43. The van der Waals surface area contributed by atoms with Gasteiger partial charge in [0, 0.05) is 41.6 Å². The Morgan fingerprint density at radius 2 is 2.13 bits per heavy atom. The van der Waals surface area contributed by atoms with Gasteiger partial charge in [-0.3, -0.25) is 14.6 Å². The molecule has 1 aliphatic heterocycles. The SMILES string of the molecule is C=N/N=C\N(N)c1ccc(Cl)cc1/C=C/C(=O)N[C@H]1C/C=C/CCC(=O)Nc2ccc(F)cc2-c2c[nH]c1n2. The van der Waals surface area contributed by atoms with Crippen LogP contribution in [0.15, 0.2) is 71.0 Å². The first-order valence-corrected chi connectivity index (χ1v) is 12.3. The summed E-state index contributed by atoms with van der Waals surface area (Å²) in [5, 5.41) is 14.5. The monoisotopic (exact) mass is 548 g/mol. The van der Waals surface area contributed by atoms with E-state index in [1.165, 1.54) is 35.6 Å². The summed E-state index contributed by atoms with van der Waals surface area (Å²) in [4.78, 5) is 33.0. The Morgan fingerprint density at radius 3 is 2.95 bits per heavy atom. The third-order valence-corrected chi connectivity index (χ3v) is 6.03. The Bertz CT molecular complexity index is 1470. The Labute approximate surface area is 229 Å². The molecule has 39 heavy (non-hydrogen) atoms. The second kappa shape index (κ2) is 12.8. The maximum atomic E-state index is 14.1. The van der Waals surface area contributed by atoms with Crippen molar-refractivity contribution in [1.29, 1.82) is 0 Å². The standard InChI is InChI=1S/C27H26ClFN8O2/c1-31-33-16-37(30)24-11-8-18(28)13-17(24)7-12-26(39)35-22-5-3-2-4-6-25(38)34-21-10-9-19(29)14-20(21)23-15-32-27(22)36-23/h2-3,7-16,22H,1,4-6,30H2,(H,32,36)(H,34,38)(H,35,39)/b3-2+,12-7+,33-16-/t22-/m0/s1. The summed E-state index contributed by atoms with van der Waals surface area (Å²) >= 11 is 6.15. The Morgan fingerprint density at radius 1 is 1.28 bits per heavy atom. The van der Waals surface area contributed by atoms with E-state index in [9.17, 15) is 14.0 Å². The number of H-pyrrole nitrogens is 1. The highest BCUT2D eigenvalue weighted by molar-refractivity contribution is 6.30. The largest absolute Gasteiger partial charge is 0.346 e. The zero-order chi connectivity index (χ0) is 27.8. The number of rotatable bonds is 6. The molecular weight excluding hydrogens is 523 g/mol. The minimum atomic E-state index is -0.524. The molecule has 2 aromatic carbocycles. The number of benzene rings is 2. The van der Waals surface area contributed by atoms with Crippen LogP contribution in [0.25, 0.3) is 17.3 Å². The molecule has 0 fully saturated rings. The number of imidazole rings is 1. The highest BCUT2D eigenvalue weighted by atomic mass is 35.5. The van der Waals surface area contributed by atoms with E-state index in [0.717, 1.165) is 0 Å². The number of allylic oxidation sites excluding steroid dienone is 1. The first kappa shape index (κ1) is 27.4. The number of carbonyl (C=O) groups is 2. The number of nitrogens with zero attached hydrogens (tertiary/aromatic N) is 4. The number of aromatic amines is 1. The number of hydrogen-bond donors (Lipinski definition) is 4. The van der Waals surface area contributed by atoms with Crippen LogP contribution in [0.1, 0.15) is 36.7 Å². The molecule has 12 heteroatoms. The molecule has 5 N–H and O–H groups in total. The molecule has 1 atom stereocenters. The number of anilines is 2. The molecule has 0 spiro atoms. The summed E-state index contributed by atoms with van der Waals surface area (Å²) in [6.07, 6.45) is 10.7. The van der Waals surface area contributed by atoms with Gasteiger partial charge in [-0.15, -0.1) is 5.10 Å². The summed E-state index contributed by atoms with van der Waals surface area (Å²) in [6.45, 7) is 3.27. The lowest BCUT2D eigenvalue weighted by Gasteiger charge is -2.16. The van der Waals surface area contributed by atoms with E-state index in [0.29, 0.717) is 51.9 Å². The number of hydrazine groups is 1. The molecule has 1 aromatic heterocycles. The molecule has 0 saturated heterocycles. The molecule has 3 aromatic rings. The van der Waals surface area contributed by atoms with E-state index < -0.39 is 17.8 Å². The molecule has 200 valence electrons. The fourth-order valence-corrected chi connectivity index (χ4v) is 4.12. The summed E-state index contributed by atoms with van der Waals surface area (Å²) < 4.78 is 14.1. The molecule has 2 bridgehead atoms. The normalized spacial score (nSPS) is 16.5. The van der Waals surface area contributed by atoms with Crippen LogP contribution in [0, 0.1) is 5.82 Å². The number of fused-ring (bicyclic) bond motifs is 4. The lowest BCUT2D eigenvalue weighted by Crippen LogP contribution is -2.29. The molecule has 1 aliphatic rings. The van der Waals surface area contributed by atoms with E-state index in [-0.39, 0.29) is 12.3 Å². The molecular formula is C27H26ClFN8O2. The topological polar surface area (TPSA) is 141 Å². The summed E-state index contributed by atoms with van der Waals surface area (Å²) in [6, 6.07) is 8.56. The Hall–Kier alpha value is -4.61. The van der Waals surface area contributed by atoms with Crippen LogP contribution < -0.4 is 21.5 Å². The van der Waals surface area contributed by atoms with Crippen molar-refractivity contribution in [3.8, 4) is 11.3 Å². The maximum Gasteiger partial charge on any atom is 0.244 e. The smallest absolute Gasteiger partial charge is 0.244 e. The fraction of sp³-hybridized carbons (Fsp3) is 0.148. The average Bonchev–Trinajstić information content (AvgIpc) is 3.40. The predicted octanol–water partition coefficient (Wildman–Crippen LogP) is 4.74. The van der Waals surface area contributed by atoms with Gasteiger partial charge in [0.2, 0.25) is 11.8 Å². The molecule has 2 amide bonds. The zero-order valence-electron chi connectivity index (χ0n) is 20.8. The second-order valence-electron chi connectivity index (χ2n) is 8.53. The van der Waals surface area contributed by atoms with Crippen LogP contribution in [0.3, 0.4) is 0 Å². The number of aromatic nitrogens is 2. The van der Waals surface area contributed by atoms with Crippen LogP contribution in [0.4, 0.5) is 15.8 Å². The van der Waals surface area contributed by atoms with Crippen LogP contribution in [0.2, 0.25) is 5.02 Å². The summed E-state index contributed by atoms with van der Waals surface area (Å²) in [7, 11) is 0.